The van der Waals surface area contributed by atoms with Gasteiger partial charge in [0.25, 0.3) is 5.91 Å². The summed E-state index contributed by atoms with van der Waals surface area (Å²) in [6.45, 7) is 6.74. The van der Waals surface area contributed by atoms with E-state index in [0.29, 0.717) is 24.4 Å². The van der Waals surface area contributed by atoms with Crippen LogP contribution in [0.3, 0.4) is 0 Å². The van der Waals surface area contributed by atoms with E-state index in [4.69, 9.17) is 4.42 Å². The molecule has 1 atom stereocenters. The molecule has 0 aliphatic heterocycles. The lowest BCUT2D eigenvalue weighted by Crippen LogP contribution is -2.46. The summed E-state index contributed by atoms with van der Waals surface area (Å²) in [6, 6.07) is 15.1. The minimum absolute atomic E-state index is 0.0211. The Kier molecular flexibility index (Phi) is 7.34. The van der Waals surface area contributed by atoms with E-state index in [1.807, 2.05) is 87.1 Å². The summed E-state index contributed by atoms with van der Waals surface area (Å²) in [4.78, 5) is 30.2. The first kappa shape index (κ1) is 22.4. The highest BCUT2D eigenvalue weighted by Gasteiger charge is 2.27. The lowest BCUT2D eigenvalue weighted by atomic mass is 10.1. The number of nitrogens with zero attached hydrogens (tertiary/aromatic N) is 3. The van der Waals surface area contributed by atoms with Crippen LogP contribution in [0.15, 0.2) is 65.4 Å². The van der Waals surface area contributed by atoms with Crippen LogP contribution in [0, 0.1) is 6.92 Å². The third-order valence-corrected chi connectivity index (χ3v) is 5.75. The van der Waals surface area contributed by atoms with Crippen LogP contribution >= 0.6 is 0 Å². The molecule has 0 spiro atoms. The van der Waals surface area contributed by atoms with Gasteiger partial charge in [-0.2, -0.15) is 0 Å². The standard InChI is InChI=1S/C25H31N3O3/c1-5-20(3)28(25(30)23-13-7-6-10-19(23)2)18-24(29)27(17-22-12-9-15-31-22)16-21-11-8-14-26(21)4/h6-15,20H,5,16-18H2,1-4H3/t20-/m1/s1. The van der Waals surface area contributed by atoms with Gasteiger partial charge in [0, 0.05) is 30.5 Å². The Hall–Kier alpha value is -3.28. The van der Waals surface area contributed by atoms with Gasteiger partial charge < -0.3 is 18.8 Å². The van der Waals surface area contributed by atoms with E-state index in [1.54, 1.807) is 16.1 Å². The van der Waals surface area contributed by atoms with Gasteiger partial charge in [-0.15, -0.1) is 0 Å². The lowest BCUT2D eigenvalue weighted by molar-refractivity contribution is -0.134. The molecule has 3 aromatic rings. The van der Waals surface area contributed by atoms with Crippen LogP contribution in [0.2, 0.25) is 0 Å². The molecular weight excluding hydrogens is 390 g/mol. The Bertz CT molecular complexity index is 1010. The molecule has 2 aromatic heterocycles. The molecule has 31 heavy (non-hydrogen) atoms. The number of benzene rings is 1. The monoisotopic (exact) mass is 421 g/mol. The number of furan rings is 1. The Labute approximate surface area is 184 Å². The van der Waals surface area contributed by atoms with Gasteiger partial charge in [0.05, 0.1) is 19.4 Å². The summed E-state index contributed by atoms with van der Waals surface area (Å²) in [7, 11) is 1.96. The summed E-state index contributed by atoms with van der Waals surface area (Å²) in [5.41, 5.74) is 2.56. The smallest absolute Gasteiger partial charge is 0.254 e. The molecule has 0 bridgehead atoms. The molecule has 0 N–H and O–H groups in total. The SMILES string of the molecule is CC[C@@H](C)N(CC(=O)N(Cc1ccco1)Cc1cccn1C)C(=O)c1ccccc1C. The normalized spacial score (nSPS) is 11.9. The minimum atomic E-state index is -0.113. The van der Waals surface area contributed by atoms with Gasteiger partial charge in [-0.1, -0.05) is 25.1 Å². The first-order valence-electron chi connectivity index (χ1n) is 10.7. The van der Waals surface area contributed by atoms with Crippen molar-refractivity contribution in [1.82, 2.24) is 14.4 Å². The molecule has 2 amide bonds. The summed E-state index contributed by atoms with van der Waals surface area (Å²) in [5, 5.41) is 0. The number of carbonyl (C=O) groups is 2. The molecule has 0 unspecified atom stereocenters. The van der Waals surface area contributed by atoms with E-state index in [1.165, 1.54) is 0 Å². The predicted molar refractivity (Wildman–Crippen MR) is 120 cm³/mol. The third kappa shape index (κ3) is 5.45. The summed E-state index contributed by atoms with van der Waals surface area (Å²) in [6.07, 6.45) is 4.33. The fraction of sp³-hybridized carbons (Fsp3) is 0.360. The molecule has 6 heteroatoms. The molecular formula is C25H31N3O3. The maximum Gasteiger partial charge on any atom is 0.254 e. The molecule has 6 nitrogen and oxygen atoms in total. The van der Waals surface area contributed by atoms with E-state index in [-0.39, 0.29) is 24.4 Å². The number of aromatic nitrogens is 1. The largest absolute Gasteiger partial charge is 0.467 e. The van der Waals surface area contributed by atoms with Crippen molar-refractivity contribution < 1.29 is 14.0 Å². The van der Waals surface area contributed by atoms with Crippen molar-refractivity contribution in [3.63, 3.8) is 0 Å². The average molecular weight is 422 g/mol. The first-order valence-corrected chi connectivity index (χ1v) is 10.7. The van der Waals surface area contributed by atoms with Gasteiger partial charge in [0.15, 0.2) is 0 Å². The number of carbonyl (C=O) groups excluding carboxylic acids is 2. The van der Waals surface area contributed by atoms with Crippen LogP contribution < -0.4 is 0 Å². The van der Waals surface area contributed by atoms with Gasteiger partial charge in [-0.05, 0) is 56.2 Å². The number of hydrogen-bond donors (Lipinski definition) is 0. The van der Waals surface area contributed by atoms with E-state index in [0.717, 1.165) is 17.7 Å². The minimum Gasteiger partial charge on any atom is -0.467 e. The topological polar surface area (TPSA) is 58.7 Å². The maximum atomic E-state index is 13.4. The third-order valence-electron chi connectivity index (χ3n) is 5.75. The molecule has 0 fully saturated rings. The van der Waals surface area contributed by atoms with E-state index < -0.39 is 0 Å². The van der Waals surface area contributed by atoms with Crippen LogP contribution in [0.25, 0.3) is 0 Å². The zero-order valence-electron chi connectivity index (χ0n) is 18.7. The molecule has 3 rings (SSSR count). The quantitative estimate of drug-likeness (QED) is 0.515. The van der Waals surface area contributed by atoms with Crippen molar-refractivity contribution in [2.75, 3.05) is 6.54 Å². The van der Waals surface area contributed by atoms with Crippen LogP contribution in [-0.4, -0.2) is 38.8 Å². The number of aryl methyl sites for hydroxylation is 2. The fourth-order valence-electron chi connectivity index (χ4n) is 3.54. The number of rotatable bonds is 9. The van der Waals surface area contributed by atoms with E-state index in [2.05, 4.69) is 0 Å². The highest BCUT2D eigenvalue weighted by atomic mass is 16.3. The van der Waals surface area contributed by atoms with Gasteiger partial charge in [0.1, 0.15) is 12.3 Å². The van der Waals surface area contributed by atoms with Crippen LogP contribution in [0.1, 0.15) is 47.6 Å². The Morgan fingerprint density at radius 1 is 1.06 bits per heavy atom. The van der Waals surface area contributed by atoms with Gasteiger partial charge in [-0.3, -0.25) is 9.59 Å². The average Bonchev–Trinajstić information content (AvgIpc) is 3.42. The van der Waals surface area contributed by atoms with Crippen molar-refractivity contribution >= 4 is 11.8 Å². The van der Waals surface area contributed by atoms with E-state index >= 15 is 0 Å². The van der Waals surface area contributed by atoms with Crippen molar-refractivity contribution in [2.24, 2.45) is 7.05 Å². The van der Waals surface area contributed by atoms with Crippen LogP contribution in [0.4, 0.5) is 0 Å². The second kappa shape index (κ2) is 10.2. The predicted octanol–water partition coefficient (Wildman–Crippen LogP) is 4.40. The van der Waals surface area contributed by atoms with Crippen molar-refractivity contribution in [2.45, 2.75) is 46.3 Å². The van der Waals surface area contributed by atoms with Gasteiger partial charge >= 0.3 is 0 Å². The number of hydrogen-bond acceptors (Lipinski definition) is 3. The Morgan fingerprint density at radius 3 is 2.45 bits per heavy atom. The van der Waals surface area contributed by atoms with Crippen LogP contribution in [0.5, 0.6) is 0 Å². The highest BCUT2D eigenvalue weighted by Crippen LogP contribution is 2.17. The highest BCUT2D eigenvalue weighted by molar-refractivity contribution is 5.97. The first-order chi connectivity index (χ1) is 14.9. The molecule has 0 aliphatic rings. The molecule has 0 radical (unpaired) electrons. The molecule has 2 heterocycles. The molecule has 0 aliphatic carbocycles. The molecule has 164 valence electrons. The summed E-state index contributed by atoms with van der Waals surface area (Å²) >= 11 is 0. The molecule has 0 saturated carbocycles. The Morgan fingerprint density at radius 2 is 1.84 bits per heavy atom. The van der Waals surface area contributed by atoms with Gasteiger partial charge in [0.2, 0.25) is 5.91 Å². The van der Waals surface area contributed by atoms with Gasteiger partial charge in [-0.25, -0.2) is 0 Å². The van der Waals surface area contributed by atoms with E-state index in [9.17, 15) is 9.59 Å². The summed E-state index contributed by atoms with van der Waals surface area (Å²) in [5.74, 6) is 0.486. The zero-order valence-corrected chi connectivity index (χ0v) is 18.7. The fourth-order valence-corrected chi connectivity index (χ4v) is 3.54. The van der Waals surface area contributed by atoms with Crippen molar-refractivity contribution in [3.05, 3.63) is 83.6 Å². The second-order valence-corrected chi connectivity index (χ2v) is 7.94. The van der Waals surface area contributed by atoms with Crippen LogP contribution in [-0.2, 0) is 24.9 Å². The molecule has 1 aromatic carbocycles. The number of amides is 2. The molecule has 0 saturated heterocycles. The second-order valence-electron chi connectivity index (χ2n) is 7.94. The van der Waals surface area contributed by atoms with Crippen molar-refractivity contribution in [1.29, 1.82) is 0 Å². The van der Waals surface area contributed by atoms with Crippen molar-refractivity contribution in [3.8, 4) is 0 Å². The zero-order chi connectivity index (χ0) is 22.4. The maximum absolute atomic E-state index is 13.4. The lowest BCUT2D eigenvalue weighted by Gasteiger charge is -2.31. The Balaban J connectivity index is 1.84. The summed E-state index contributed by atoms with van der Waals surface area (Å²) < 4.78 is 7.48.